The van der Waals surface area contributed by atoms with E-state index in [-0.39, 0.29) is 0 Å². The average Bonchev–Trinajstić information content (AvgIpc) is 2.84. The number of aryl methyl sites for hydroxylation is 1. The van der Waals surface area contributed by atoms with Crippen molar-refractivity contribution < 1.29 is 9.47 Å². The third kappa shape index (κ3) is 3.42. The fourth-order valence-electron chi connectivity index (χ4n) is 1.75. The first-order valence-electron chi connectivity index (χ1n) is 5.92. The van der Waals surface area contributed by atoms with Gasteiger partial charge in [0.05, 0.1) is 19.9 Å². The Kier molecular flexibility index (Phi) is 4.70. The Labute approximate surface area is 116 Å². The van der Waals surface area contributed by atoms with E-state index in [4.69, 9.17) is 9.47 Å². The van der Waals surface area contributed by atoms with Gasteiger partial charge < -0.3 is 14.8 Å². The maximum Gasteiger partial charge on any atom is 0.183 e. The molecule has 0 spiro atoms. The summed E-state index contributed by atoms with van der Waals surface area (Å²) in [5.74, 6) is 1.37. The summed E-state index contributed by atoms with van der Waals surface area (Å²) >= 11 is 1.65. The molecule has 0 atom stereocenters. The summed E-state index contributed by atoms with van der Waals surface area (Å²) < 4.78 is 10.6. The van der Waals surface area contributed by atoms with Gasteiger partial charge in [0.1, 0.15) is 5.01 Å². The van der Waals surface area contributed by atoms with Crippen LogP contribution in [-0.4, -0.2) is 24.2 Å². The van der Waals surface area contributed by atoms with Crippen LogP contribution in [0.2, 0.25) is 0 Å². The van der Waals surface area contributed by atoms with Crippen LogP contribution >= 0.6 is 11.3 Å². The molecule has 0 saturated heterocycles. The van der Waals surface area contributed by atoms with Crippen LogP contribution in [0.3, 0.4) is 0 Å². The van der Waals surface area contributed by atoms with Gasteiger partial charge in [-0.3, -0.25) is 4.98 Å². The van der Waals surface area contributed by atoms with Crippen LogP contribution in [0, 0.1) is 6.92 Å². The van der Waals surface area contributed by atoms with E-state index in [1.54, 1.807) is 37.8 Å². The van der Waals surface area contributed by atoms with Crippen LogP contribution in [0.25, 0.3) is 0 Å². The Morgan fingerprint density at radius 3 is 2.74 bits per heavy atom. The molecule has 2 aromatic heterocycles. The minimum atomic E-state index is 0.610. The van der Waals surface area contributed by atoms with E-state index in [1.165, 1.54) is 0 Å². The number of nitrogens with one attached hydrogen (secondary N) is 1. The summed E-state index contributed by atoms with van der Waals surface area (Å²) in [6.07, 6.45) is 1.71. The molecular weight excluding hydrogens is 262 g/mol. The number of methoxy groups -OCH3 is 2. The van der Waals surface area contributed by atoms with Gasteiger partial charge in [-0.2, -0.15) is 0 Å². The molecule has 0 radical (unpaired) electrons. The monoisotopic (exact) mass is 279 g/mol. The van der Waals surface area contributed by atoms with Gasteiger partial charge in [0.15, 0.2) is 11.5 Å². The highest BCUT2D eigenvalue weighted by Gasteiger charge is 2.10. The van der Waals surface area contributed by atoms with E-state index < -0.39 is 0 Å². The fraction of sp³-hybridized carbons (Fsp3) is 0.385. The Bertz CT molecular complexity index is 542. The summed E-state index contributed by atoms with van der Waals surface area (Å²) in [5, 5.41) is 6.42. The van der Waals surface area contributed by atoms with Gasteiger partial charge in [0, 0.05) is 36.4 Å². The molecule has 0 aliphatic carbocycles. The second-order valence-electron chi connectivity index (χ2n) is 3.98. The maximum atomic E-state index is 5.33. The summed E-state index contributed by atoms with van der Waals surface area (Å²) in [6.45, 7) is 3.33. The van der Waals surface area contributed by atoms with E-state index >= 15 is 0 Å². The zero-order chi connectivity index (χ0) is 13.7. The van der Waals surface area contributed by atoms with Crippen molar-refractivity contribution in [3.63, 3.8) is 0 Å². The molecule has 0 bridgehead atoms. The van der Waals surface area contributed by atoms with E-state index in [0.717, 1.165) is 22.9 Å². The Hall–Kier alpha value is -1.66. The number of ether oxygens (including phenoxy) is 2. The van der Waals surface area contributed by atoms with Crippen LogP contribution in [0.1, 0.15) is 16.4 Å². The lowest BCUT2D eigenvalue weighted by Gasteiger charge is -2.11. The van der Waals surface area contributed by atoms with Gasteiger partial charge >= 0.3 is 0 Å². The normalized spacial score (nSPS) is 10.5. The molecule has 0 amide bonds. The molecule has 1 N–H and O–H groups in total. The highest BCUT2D eigenvalue weighted by molar-refractivity contribution is 7.09. The minimum Gasteiger partial charge on any atom is -0.493 e. The maximum absolute atomic E-state index is 5.33. The highest BCUT2D eigenvalue weighted by Crippen LogP contribution is 2.28. The SMILES string of the molecule is COc1ccnc(CNCc2nc(C)cs2)c1OC. The van der Waals surface area contributed by atoms with Crippen LogP contribution < -0.4 is 14.8 Å². The molecule has 0 saturated carbocycles. The molecule has 2 rings (SSSR count). The van der Waals surface area contributed by atoms with Crippen molar-refractivity contribution in [2.24, 2.45) is 0 Å². The number of nitrogens with zero attached hydrogens (tertiary/aromatic N) is 2. The van der Waals surface area contributed by atoms with Gasteiger partial charge in [-0.1, -0.05) is 0 Å². The highest BCUT2D eigenvalue weighted by atomic mass is 32.1. The standard InChI is InChI=1S/C13H17N3O2S/c1-9-8-19-12(16-9)7-14-6-10-13(18-3)11(17-2)4-5-15-10/h4-5,8,14H,6-7H2,1-3H3. The first-order valence-corrected chi connectivity index (χ1v) is 6.80. The number of pyridine rings is 1. The molecule has 0 aliphatic heterocycles. The molecule has 2 heterocycles. The smallest absolute Gasteiger partial charge is 0.183 e. The number of hydrogen-bond acceptors (Lipinski definition) is 6. The quantitative estimate of drug-likeness (QED) is 0.878. The third-order valence-electron chi connectivity index (χ3n) is 2.60. The van der Waals surface area contributed by atoms with E-state index in [1.807, 2.05) is 12.3 Å². The second-order valence-corrected chi connectivity index (χ2v) is 4.92. The Morgan fingerprint density at radius 1 is 1.26 bits per heavy atom. The summed E-state index contributed by atoms with van der Waals surface area (Å²) in [6, 6.07) is 1.78. The van der Waals surface area contributed by atoms with Crippen LogP contribution in [0.5, 0.6) is 11.5 Å². The predicted octanol–water partition coefficient (Wildman–Crippen LogP) is 2.15. The van der Waals surface area contributed by atoms with Crippen molar-refractivity contribution in [2.45, 2.75) is 20.0 Å². The first-order chi connectivity index (χ1) is 9.24. The number of thiazole rings is 1. The second kappa shape index (κ2) is 6.49. The molecule has 19 heavy (non-hydrogen) atoms. The molecule has 6 heteroatoms. The van der Waals surface area contributed by atoms with Crippen molar-refractivity contribution in [3.8, 4) is 11.5 Å². The molecule has 5 nitrogen and oxygen atoms in total. The van der Waals surface area contributed by atoms with Crippen LogP contribution in [0.4, 0.5) is 0 Å². The molecule has 0 aliphatic rings. The summed E-state index contributed by atoms with van der Waals surface area (Å²) in [7, 11) is 3.24. The lowest BCUT2D eigenvalue weighted by Crippen LogP contribution is -2.14. The van der Waals surface area contributed by atoms with E-state index in [2.05, 4.69) is 15.3 Å². The topological polar surface area (TPSA) is 56.3 Å². The minimum absolute atomic E-state index is 0.610. The van der Waals surface area contributed by atoms with Gasteiger partial charge in [-0.05, 0) is 6.92 Å². The van der Waals surface area contributed by atoms with Crippen molar-refractivity contribution in [3.05, 3.63) is 34.0 Å². The summed E-state index contributed by atoms with van der Waals surface area (Å²) in [5.41, 5.74) is 1.88. The van der Waals surface area contributed by atoms with Crippen molar-refractivity contribution in [2.75, 3.05) is 14.2 Å². The van der Waals surface area contributed by atoms with Gasteiger partial charge in [-0.25, -0.2) is 4.98 Å². The predicted molar refractivity (Wildman–Crippen MR) is 74.7 cm³/mol. The molecule has 0 aromatic carbocycles. The van der Waals surface area contributed by atoms with Crippen molar-refractivity contribution in [1.29, 1.82) is 0 Å². The third-order valence-corrected chi connectivity index (χ3v) is 3.57. The number of rotatable bonds is 6. The largest absolute Gasteiger partial charge is 0.493 e. The fourth-order valence-corrected chi connectivity index (χ4v) is 2.49. The Morgan fingerprint density at radius 2 is 2.11 bits per heavy atom. The lowest BCUT2D eigenvalue weighted by molar-refractivity contribution is 0.348. The first kappa shape index (κ1) is 13.8. The van der Waals surface area contributed by atoms with E-state index in [9.17, 15) is 0 Å². The van der Waals surface area contributed by atoms with Gasteiger partial charge in [-0.15, -0.1) is 11.3 Å². The average molecular weight is 279 g/mol. The lowest BCUT2D eigenvalue weighted by atomic mass is 10.3. The summed E-state index contributed by atoms with van der Waals surface area (Å²) in [4.78, 5) is 8.71. The molecular formula is C13H17N3O2S. The molecule has 2 aromatic rings. The molecule has 0 unspecified atom stereocenters. The van der Waals surface area contributed by atoms with Crippen molar-refractivity contribution >= 4 is 11.3 Å². The van der Waals surface area contributed by atoms with Crippen LogP contribution in [-0.2, 0) is 13.1 Å². The Balaban J connectivity index is 1.99. The number of aromatic nitrogens is 2. The molecule has 102 valence electrons. The van der Waals surface area contributed by atoms with Gasteiger partial charge in [0.2, 0.25) is 0 Å². The molecule has 0 fully saturated rings. The zero-order valence-corrected chi connectivity index (χ0v) is 12.1. The number of hydrogen-bond donors (Lipinski definition) is 1. The van der Waals surface area contributed by atoms with Gasteiger partial charge in [0.25, 0.3) is 0 Å². The van der Waals surface area contributed by atoms with Crippen LogP contribution in [0.15, 0.2) is 17.6 Å². The van der Waals surface area contributed by atoms with E-state index in [0.29, 0.717) is 18.0 Å². The zero-order valence-electron chi connectivity index (χ0n) is 11.3. The van der Waals surface area contributed by atoms with Crippen molar-refractivity contribution in [1.82, 2.24) is 15.3 Å².